The average molecular weight is 320 g/mol. The Morgan fingerprint density at radius 3 is 2.57 bits per heavy atom. The minimum Gasteiger partial charge on any atom is -0.377 e. The van der Waals surface area contributed by atoms with Gasteiger partial charge in [0.1, 0.15) is 0 Å². The summed E-state index contributed by atoms with van der Waals surface area (Å²) in [7, 11) is 0.322. The monoisotopic (exact) mass is 320 g/mol. The SMILES string of the molecule is CN=C(NCC1CCN(S(C)(=O)=O)C1)NCC(C)(C)OC. The fraction of sp³-hybridized carbons (Fsp3) is 0.923. The fourth-order valence-electron chi connectivity index (χ4n) is 2.10. The third-order valence-corrected chi connectivity index (χ3v) is 5.00. The van der Waals surface area contributed by atoms with Gasteiger partial charge in [-0.25, -0.2) is 12.7 Å². The standard InChI is InChI=1S/C13H28N4O3S/c1-13(2,20-4)10-16-12(14-3)15-8-11-6-7-17(9-11)21(5,18)19/h11H,6-10H2,1-5H3,(H2,14,15,16). The lowest BCUT2D eigenvalue weighted by Gasteiger charge is -2.25. The summed E-state index contributed by atoms with van der Waals surface area (Å²) >= 11 is 0. The van der Waals surface area contributed by atoms with Gasteiger partial charge in [0.15, 0.2) is 5.96 Å². The van der Waals surface area contributed by atoms with Crippen LogP contribution in [0.3, 0.4) is 0 Å². The Balaban J connectivity index is 2.37. The van der Waals surface area contributed by atoms with E-state index in [1.54, 1.807) is 14.2 Å². The molecule has 0 saturated carbocycles. The Morgan fingerprint density at radius 1 is 1.43 bits per heavy atom. The van der Waals surface area contributed by atoms with Crippen LogP contribution < -0.4 is 10.6 Å². The summed E-state index contributed by atoms with van der Waals surface area (Å²) in [6.07, 6.45) is 2.14. The van der Waals surface area contributed by atoms with Crippen molar-refractivity contribution in [2.75, 3.05) is 46.6 Å². The van der Waals surface area contributed by atoms with E-state index in [9.17, 15) is 8.42 Å². The number of rotatable bonds is 6. The highest BCUT2D eigenvalue weighted by Crippen LogP contribution is 2.17. The van der Waals surface area contributed by atoms with Crippen LogP contribution in [0.5, 0.6) is 0 Å². The Hall–Kier alpha value is -0.860. The molecule has 1 rings (SSSR count). The van der Waals surface area contributed by atoms with Crippen molar-refractivity contribution >= 4 is 16.0 Å². The number of ether oxygens (including phenoxy) is 1. The summed E-state index contributed by atoms with van der Waals surface area (Å²) in [6, 6.07) is 0. The van der Waals surface area contributed by atoms with Crippen molar-refractivity contribution in [2.45, 2.75) is 25.9 Å². The molecule has 1 saturated heterocycles. The molecular weight excluding hydrogens is 292 g/mol. The van der Waals surface area contributed by atoms with Crippen LogP contribution in [-0.4, -0.2) is 70.9 Å². The highest BCUT2D eigenvalue weighted by molar-refractivity contribution is 7.88. The smallest absolute Gasteiger partial charge is 0.211 e. The Labute approximate surface area is 128 Å². The average Bonchev–Trinajstić information content (AvgIpc) is 2.88. The number of hydrogen-bond donors (Lipinski definition) is 2. The van der Waals surface area contributed by atoms with Crippen LogP contribution in [-0.2, 0) is 14.8 Å². The zero-order chi connectivity index (χ0) is 16.1. The van der Waals surface area contributed by atoms with Gasteiger partial charge in [0.05, 0.1) is 11.9 Å². The maximum absolute atomic E-state index is 11.5. The molecule has 124 valence electrons. The van der Waals surface area contributed by atoms with Gasteiger partial charge in [0, 0.05) is 40.3 Å². The largest absolute Gasteiger partial charge is 0.377 e. The van der Waals surface area contributed by atoms with Crippen LogP contribution in [0.15, 0.2) is 4.99 Å². The van der Waals surface area contributed by atoms with Gasteiger partial charge in [-0.1, -0.05) is 0 Å². The van der Waals surface area contributed by atoms with Crippen LogP contribution in [0.25, 0.3) is 0 Å². The summed E-state index contributed by atoms with van der Waals surface area (Å²) in [5.74, 6) is 1.02. The molecule has 0 radical (unpaired) electrons. The number of hydrogen-bond acceptors (Lipinski definition) is 4. The quantitative estimate of drug-likeness (QED) is 0.526. The molecule has 0 aliphatic carbocycles. The third kappa shape index (κ3) is 6.19. The van der Waals surface area contributed by atoms with E-state index in [4.69, 9.17) is 4.74 Å². The predicted molar refractivity (Wildman–Crippen MR) is 85.0 cm³/mol. The first kappa shape index (κ1) is 18.2. The van der Waals surface area contributed by atoms with Crippen molar-refractivity contribution in [3.05, 3.63) is 0 Å². The van der Waals surface area contributed by atoms with E-state index in [1.165, 1.54) is 10.6 Å². The van der Waals surface area contributed by atoms with Crippen molar-refractivity contribution in [1.82, 2.24) is 14.9 Å². The van der Waals surface area contributed by atoms with E-state index >= 15 is 0 Å². The molecule has 1 heterocycles. The number of methoxy groups -OCH3 is 1. The van der Waals surface area contributed by atoms with Crippen LogP contribution >= 0.6 is 0 Å². The summed E-state index contributed by atoms with van der Waals surface area (Å²) in [5.41, 5.74) is -0.266. The lowest BCUT2D eigenvalue weighted by Crippen LogP contribution is -2.46. The highest BCUT2D eigenvalue weighted by Gasteiger charge is 2.28. The summed E-state index contributed by atoms with van der Waals surface area (Å²) in [5, 5.41) is 6.45. The van der Waals surface area contributed by atoms with E-state index in [2.05, 4.69) is 15.6 Å². The van der Waals surface area contributed by atoms with E-state index in [0.29, 0.717) is 38.1 Å². The lowest BCUT2D eigenvalue weighted by atomic mass is 10.1. The third-order valence-electron chi connectivity index (χ3n) is 3.73. The van der Waals surface area contributed by atoms with Crippen LogP contribution in [0.2, 0.25) is 0 Å². The first-order valence-corrected chi connectivity index (χ1v) is 8.97. The molecule has 0 aromatic carbocycles. The van der Waals surface area contributed by atoms with E-state index < -0.39 is 10.0 Å². The normalized spacial score (nSPS) is 21.6. The van der Waals surface area contributed by atoms with Gasteiger partial charge in [0.25, 0.3) is 0 Å². The van der Waals surface area contributed by atoms with Gasteiger partial charge >= 0.3 is 0 Å². The number of sulfonamides is 1. The topological polar surface area (TPSA) is 83.0 Å². The fourth-order valence-corrected chi connectivity index (χ4v) is 3.01. The van der Waals surface area contributed by atoms with Crippen LogP contribution in [0.1, 0.15) is 20.3 Å². The first-order valence-electron chi connectivity index (χ1n) is 7.13. The Bertz CT molecular complexity index is 462. The highest BCUT2D eigenvalue weighted by atomic mass is 32.2. The summed E-state index contributed by atoms with van der Waals surface area (Å²) < 4.78 is 29.8. The van der Waals surface area contributed by atoms with Crippen molar-refractivity contribution in [3.63, 3.8) is 0 Å². The second-order valence-electron chi connectivity index (χ2n) is 6.05. The van der Waals surface area contributed by atoms with Gasteiger partial charge in [0.2, 0.25) is 10.0 Å². The molecule has 1 aliphatic rings. The van der Waals surface area contributed by atoms with Crippen molar-refractivity contribution in [1.29, 1.82) is 0 Å². The zero-order valence-electron chi connectivity index (χ0n) is 13.6. The molecule has 1 unspecified atom stereocenters. The molecule has 0 aromatic rings. The number of nitrogens with zero attached hydrogens (tertiary/aromatic N) is 2. The molecule has 21 heavy (non-hydrogen) atoms. The van der Waals surface area contributed by atoms with Gasteiger partial charge < -0.3 is 15.4 Å². The van der Waals surface area contributed by atoms with Gasteiger partial charge in [-0.2, -0.15) is 0 Å². The zero-order valence-corrected chi connectivity index (χ0v) is 14.5. The summed E-state index contributed by atoms with van der Waals surface area (Å²) in [4.78, 5) is 4.16. The minimum absolute atomic E-state index is 0.266. The predicted octanol–water partition coefficient (Wildman–Crippen LogP) is -0.142. The Kier molecular flexibility index (Phi) is 6.42. The second-order valence-corrected chi connectivity index (χ2v) is 8.03. The molecule has 2 N–H and O–H groups in total. The molecule has 8 heteroatoms. The maximum Gasteiger partial charge on any atom is 0.211 e. The van der Waals surface area contributed by atoms with Crippen LogP contribution in [0.4, 0.5) is 0 Å². The first-order chi connectivity index (χ1) is 9.68. The van der Waals surface area contributed by atoms with Gasteiger partial charge in [-0.3, -0.25) is 4.99 Å². The number of aliphatic imine (C=N–C) groups is 1. The molecule has 0 bridgehead atoms. The molecule has 1 aliphatic heterocycles. The molecule has 0 spiro atoms. The molecular formula is C13H28N4O3S. The molecule has 1 atom stereocenters. The second kappa shape index (κ2) is 7.42. The van der Waals surface area contributed by atoms with E-state index in [-0.39, 0.29) is 5.60 Å². The van der Waals surface area contributed by atoms with E-state index in [1.807, 2.05) is 13.8 Å². The Morgan fingerprint density at radius 2 is 2.10 bits per heavy atom. The maximum atomic E-state index is 11.5. The van der Waals surface area contributed by atoms with Crippen molar-refractivity contribution in [3.8, 4) is 0 Å². The van der Waals surface area contributed by atoms with Gasteiger partial charge in [-0.05, 0) is 26.2 Å². The summed E-state index contributed by atoms with van der Waals surface area (Å²) in [6.45, 7) is 6.52. The minimum atomic E-state index is -3.07. The number of nitrogens with one attached hydrogen (secondary N) is 2. The molecule has 0 aromatic heterocycles. The molecule has 0 amide bonds. The molecule has 1 fully saturated rings. The van der Waals surface area contributed by atoms with Gasteiger partial charge in [-0.15, -0.1) is 0 Å². The van der Waals surface area contributed by atoms with E-state index in [0.717, 1.165) is 6.42 Å². The van der Waals surface area contributed by atoms with Crippen molar-refractivity contribution < 1.29 is 13.2 Å². The van der Waals surface area contributed by atoms with Crippen molar-refractivity contribution in [2.24, 2.45) is 10.9 Å². The molecule has 7 nitrogen and oxygen atoms in total. The van der Waals surface area contributed by atoms with Crippen LogP contribution in [0, 0.1) is 5.92 Å². The number of guanidine groups is 1. The lowest BCUT2D eigenvalue weighted by molar-refractivity contribution is 0.0268.